The highest BCUT2D eigenvalue weighted by Crippen LogP contribution is 2.32. The molecule has 2 N–H and O–H groups in total. The van der Waals surface area contributed by atoms with Gasteiger partial charge in [0.1, 0.15) is 5.92 Å². The van der Waals surface area contributed by atoms with Gasteiger partial charge in [0.25, 0.3) is 0 Å². The number of carbonyl (C=O) groups excluding carboxylic acids is 1. The second-order valence-electron chi connectivity index (χ2n) is 4.20. The van der Waals surface area contributed by atoms with Crippen LogP contribution in [-0.2, 0) is 16.1 Å². The molecule has 1 unspecified atom stereocenters. The zero-order valence-electron chi connectivity index (χ0n) is 10.5. The molecule has 19 heavy (non-hydrogen) atoms. The first-order valence-corrected chi connectivity index (χ1v) is 6.01. The Hall–Kier alpha value is -2.24. The molecule has 1 heterocycles. The average molecular weight is 265 g/mol. The maximum absolute atomic E-state index is 11.7. The summed E-state index contributed by atoms with van der Waals surface area (Å²) in [6.45, 7) is 2.13. The summed E-state index contributed by atoms with van der Waals surface area (Å²) < 4.78 is 10.4. The number of fused-ring (bicyclic) bond motifs is 1. The molecule has 0 radical (unpaired) electrons. The summed E-state index contributed by atoms with van der Waals surface area (Å²) >= 11 is 0. The molecule has 0 saturated carbocycles. The highest BCUT2D eigenvalue weighted by molar-refractivity contribution is 5.96. The molecule has 1 amide bonds. The van der Waals surface area contributed by atoms with Crippen LogP contribution < -0.4 is 14.8 Å². The van der Waals surface area contributed by atoms with Crippen molar-refractivity contribution < 1.29 is 24.2 Å². The van der Waals surface area contributed by atoms with E-state index in [2.05, 4.69) is 5.32 Å². The van der Waals surface area contributed by atoms with Gasteiger partial charge in [-0.3, -0.25) is 9.59 Å². The molecule has 0 aliphatic carbocycles. The van der Waals surface area contributed by atoms with Crippen LogP contribution in [0.15, 0.2) is 18.2 Å². The number of rotatable bonds is 5. The lowest BCUT2D eigenvalue weighted by Crippen LogP contribution is -2.34. The van der Waals surface area contributed by atoms with Gasteiger partial charge in [-0.25, -0.2) is 0 Å². The van der Waals surface area contributed by atoms with Crippen molar-refractivity contribution in [1.29, 1.82) is 0 Å². The topological polar surface area (TPSA) is 84.9 Å². The van der Waals surface area contributed by atoms with Gasteiger partial charge < -0.3 is 19.9 Å². The number of ether oxygens (including phenoxy) is 2. The van der Waals surface area contributed by atoms with E-state index in [0.29, 0.717) is 11.5 Å². The lowest BCUT2D eigenvalue weighted by Gasteiger charge is -2.11. The third-order valence-electron chi connectivity index (χ3n) is 2.93. The Morgan fingerprint density at radius 3 is 2.79 bits per heavy atom. The molecular formula is C13H15NO5. The van der Waals surface area contributed by atoms with E-state index in [1.165, 1.54) is 0 Å². The summed E-state index contributed by atoms with van der Waals surface area (Å²) in [5, 5.41) is 11.5. The van der Waals surface area contributed by atoms with E-state index >= 15 is 0 Å². The normalized spacial score (nSPS) is 13.9. The molecular weight excluding hydrogens is 250 g/mol. The number of amides is 1. The number of nitrogens with one attached hydrogen (secondary N) is 1. The molecule has 1 aromatic rings. The highest BCUT2D eigenvalue weighted by Gasteiger charge is 2.23. The largest absolute Gasteiger partial charge is 0.481 e. The summed E-state index contributed by atoms with van der Waals surface area (Å²) in [4.78, 5) is 22.5. The maximum Gasteiger partial charge on any atom is 0.316 e. The standard InChI is InChI=1S/C13H15NO5/c1-2-9(13(16)17)12(15)14-6-8-3-4-10-11(5-8)19-7-18-10/h3-5,9H,2,6-7H2,1H3,(H,14,15)(H,16,17). The highest BCUT2D eigenvalue weighted by atomic mass is 16.7. The van der Waals surface area contributed by atoms with Gasteiger partial charge in [0.05, 0.1) is 0 Å². The molecule has 0 saturated heterocycles. The summed E-state index contributed by atoms with van der Waals surface area (Å²) in [6, 6.07) is 5.33. The minimum absolute atomic E-state index is 0.196. The monoisotopic (exact) mass is 265 g/mol. The molecule has 0 aromatic heterocycles. The second kappa shape index (κ2) is 5.60. The lowest BCUT2D eigenvalue weighted by atomic mass is 10.1. The minimum Gasteiger partial charge on any atom is -0.481 e. The van der Waals surface area contributed by atoms with Crippen LogP contribution in [0.4, 0.5) is 0 Å². The van der Waals surface area contributed by atoms with Gasteiger partial charge in [-0.05, 0) is 24.1 Å². The van der Waals surface area contributed by atoms with Crippen LogP contribution in [0.5, 0.6) is 11.5 Å². The van der Waals surface area contributed by atoms with Gasteiger partial charge in [0.15, 0.2) is 11.5 Å². The zero-order chi connectivity index (χ0) is 13.8. The van der Waals surface area contributed by atoms with E-state index in [4.69, 9.17) is 14.6 Å². The molecule has 1 aliphatic heterocycles. The fourth-order valence-electron chi connectivity index (χ4n) is 1.84. The number of hydrogen-bond acceptors (Lipinski definition) is 4. The van der Waals surface area contributed by atoms with E-state index in [9.17, 15) is 9.59 Å². The van der Waals surface area contributed by atoms with Crippen LogP contribution in [0, 0.1) is 5.92 Å². The molecule has 0 bridgehead atoms. The van der Waals surface area contributed by atoms with Gasteiger partial charge >= 0.3 is 5.97 Å². The summed E-state index contributed by atoms with van der Waals surface area (Å²) in [5.74, 6) is -1.28. The molecule has 1 atom stereocenters. The Morgan fingerprint density at radius 1 is 1.37 bits per heavy atom. The fourth-order valence-corrected chi connectivity index (χ4v) is 1.84. The molecule has 2 rings (SSSR count). The van der Waals surface area contributed by atoms with Crippen LogP contribution in [0.3, 0.4) is 0 Å². The van der Waals surface area contributed by atoms with E-state index in [1.54, 1.807) is 25.1 Å². The number of benzene rings is 1. The SMILES string of the molecule is CCC(C(=O)O)C(=O)NCc1ccc2c(c1)OCO2. The smallest absolute Gasteiger partial charge is 0.316 e. The molecule has 1 aliphatic rings. The first kappa shape index (κ1) is 13.2. The molecule has 1 aromatic carbocycles. The quantitative estimate of drug-likeness (QED) is 0.780. The molecule has 6 nitrogen and oxygen atoms in total. The summed E-state index contributed by atoms with van der Waals surface area (Å²) in [7, 11) is 0. The Labute approximate surface area is 110 Å². The first-order chi connectivity index (χ1) is 9.11. The van der Waals surface area contributed by atoms with Crippen molar-refractivity contribution in [3.63, 3.8) is 0 Å². The molecule has 0 fully saturated rings. The average Bonchev–Trinajstić information content (AvgIpc) is 2.84. The van der Waals surface area contributed by atoms with Gasteiger partial charge in [-0.15, -0.1) is 0 Å². The third-order valence-corrected chi connectivity index (χ3v) is 2.93. The predicted octanol–water partition coefficient (Wildman–Crippen LogP) is 1.14. The van der Waals surface area contributed by atoms with Crippen molar-refractivity contribution in [3.8, 4) is 11.5 Å². The van der Waals surface area contributed by atoms with Crippen molar-refractivity contribution in [2.45, 2.75) is 19.9 Å². The van der Waals surface area contributed by atoms with Crippen LogP contribution in [-0.4, -0.2) is 23.8 Å². The van der Waals surface area contributed by atoms with Crippen molar-refractivity contribution >= 4 is 11.9 Å². The molecule has 0 spiro atoms. The Morgan fingerprint density at radius 2 is 2.11 bits per heavy atom. The minimum atomic E-state index is -1.11. The van der Waals surface area contributed by atoms with Gasteiger partial charge in [-0.2, -0.15) is 0 Å². The van der Waals surface area contributed by atoms with Crippen LogP contribution in [0.25, 0.3) is 0 Å². The number of carboxylic acid groups (broad SMARTS) is 1. The van der Waals surface area contributed by atoms with Crippen molar-refractivity contribution in [2.75, 3.05) is 6.79 Å². The summed E-state index contributed by atoms with van der Waals surface area (Å²) in [6.07, 6.45) is 0.266. The lowest BCUT2D eigenvalue weighted by molar-refractivity contribution is -0.147. The molecule has 102 valence electrons. The van der Waals surface area contributed by atoms with Gasteiger partial charge in [-0.1, -0.05) is 13.0 Å². The van der Waals surface area contributed by atoms with Crippen molar-refractivity contribution in [2.24, 2.45) is 5.92 Å². The first-order valence-electron chi connectivity index (χ1n) is 6.01. The summed E-state index contributed by atoms with van der Waals surface area (Å²) in [5.41, 5.74) is 0.831. The number of aliphatic carboxylic acids is 1. The van der Waals surface area contributed by atoms with Gasteiger partial charge in [0.2, 0.25) is 12.7 Å². The van der Waals surface area contributed by atoms with Crippen molar-refractivity contribution in [3.05, 3.63) is 23.8 Å². The Balaban J connectivity index is 1.95. The van der Waals surface area contributed by atoms with Crippen molar-refractivity contribution in [1.82, 2.24) is 5.32 Å². The number of carboxylic acids is 1. The van der Waals surface area contributed by atoms with E-state index in [-0.39, 0.29) is 19.8 Å². The van der Waals surface area contributed by atoms with Crippen LogP contribution in [0.1, 0.15) is 18.9 Å². The predicted molar refractivity (Wildman–Crippen MR) is 65.8 cm³/mol. The third kappa shape index (κ3) is 2.96. The second-order valence-corrected chi connectivity index (χ2v) is 4.20. The number of carbonyl (C=O) groups is 2. The Bertz CT molecular complexity index is 500. The fraction of sp³-hybridized carbons (Fsp3) is 0.385. The maximum atomic E-state index is 11.7. The van der Waals surface area contributed by atoms with E-state index < -0.39 is 17.8 Å². The number of hydrogen-bond donors (Lipinski definition) is 2. The molecule has 6 heteroatoms. The van der Waals surface area contributed by atoms with E-state index in [1.807, 2.05) is 0 Å². The van der Waals surface area contributed by atoms with E-state index in [0.717, 1.165) is 5.56 Å². The zero-order valence-corrected chi connectivity index (χ0v) is 10.5. The van der Waals surface area contributed by atoms with Gasteiger partial charge in [0, 0.05) is 6.54 Å². The van der Waals surface area contributed by atoms with Crippen LogP contribution in [0.2, 0.25) is 0 Å². The van der Waals surface area contributed by atoms with Crippen LogP contribution >= 0.6 is 0 Å². The Kier molecular flexibility index (Phi) is 3.89.